The molecule has 0 aliphatic rings. The van der Waals surface area contributed by atoms with Crippen molar-refractivity contribution in [2.75, 3.05) is 13.1 Å². The third-order valence-corrected chi connectivity index (χ3v) is 4.24. The Kier molecular flexibility index (Phi) is 10.8. The van der Waals surface area contributed by atoms with Gasteiger partial charge in [0.25, 0.3) is 0 Å². The summed E-state index contributed by atoms with van der Waals surface area (Å²) in [5.41, 5.74) is 0. The Balaban J connectivity index is 3.85. The van der Waals surface area contributed by atoms with Gasteiger partial charge in [-0.15, -0.1) is 0 Å². The van der Waals surface area contributed by atoms with Crippen LogP contribution in [0.3, 0.4) is 0 Å². The molecule has 0 saturated carbocycles. The molecule has 0 heterocycles. The van der Waals surface area contributed by atoms with E-state index in [0.29, 0.717) is 0 Å². The summed E-state index contributed by atoms with van der Waals surface area (Å²) in [6, 6.07) is 0. The number of hydrogen-bond acceptors (Lipinski definition) is 1. The van der Waals surface area contributed by atoms with E-state index in [9.17, 15) is 0 Å². The van der Waals surface area contributed by atoms with Gasteiger partial charge in [-0.3, -0.25) is 0 Å². The molecule has 1 N–H and O–H groups in total. The van der Waals surface area contributed by atoms with E-state index in [4.69, 9.17) is 0 Å². The second-order valence-corrected chi connectivity index (χ2v) is 6.66. The zero-order valence-corrected chi connectivity index (χ0v) is 13.8. The molecule has 0 bridgehead atoms. The normalized spacial score (nSPS) is 16.8. The average molecular weight is 255 g/mol. The molecule has 18 heavy (non-hydrogen) atoms. The lowest BCUT2D eigenvalue weighted by atomic mass is 9.83. The zero-order valence-electron chi connectivity index (χ0n) is 13.8. The van der Waals surface area contributed by atoms with E-state index in [0.717, 1.165) is 30.2 Å². The number of unbranched alkanes of at least 4 members (excludes halogenated alkanes) is 1. The summed E-state index contributed by atoms with van der Waals surface area (Å²) in [5, 5.41) is 3.60. The van der Waals surface area contributed by atoms with Crippen LogP contribution in [0.4, 0.5) is 0 Å². The molecule has 0 fully saturated rings. The quantitative estimate of drug-likeness (QED) is 0.541. The van der Waals surface area contributed by atoms with E-state index in [1.807, 2.05) is 0 Å². The third kappa shape index (κ3) is 8.97. The van der Waals surface area contributed by atoms with Gasteiger partial charge in [-0.25, -0.2) is 0 Å². The van der Waals surface area contributed by atoms with E-state index in [2.05, 4.69) is 46.9 Å². The van der Waals surface area contributed by atoms with E-state index in [-0.39, 0.29) is 0 Å². The third-order valence-electron chi connectivity index (χ3n) is 4.24. The Bertz CT molecular complexity index is 176. The second kappa shape index (κ2) is 10.8. The van der Waals surface area contributed by atoms with Crippen molar-refractivity contribution in [3.05, 3.63) is 0 Å². The highest BCUT2D eigenvalue weighted by Crippen LogP contribution is 2.25. The highest BCUT2D eigenvalue weighted by atomic mass is 14.9. The summed E-state index contributed by atoms with van der Waals surface area (Å²) in [6.07, 6.45) is 6.96. The second-order valence-electron chi connectivity index (χ2n) is 6.66. The molecule has 0 amide bonds. The average Bonchev–Trinajstić information content (AvgIpc) is 2.33. The lowest BCUT2D eigenvalue weighted by Gasteiger charge is -2.25. The Morgan fingerprint density at radius 1 is 0.889 bits per heavy atom. The first-order chi connectivity index (χ1) is 8.51. The van der Waals surface area contributed by atoms with Gasteiger partial charge in [0.1, 0.15) is 0 Å². The van der Waals surface area contributed by atoms with Crippen molar-refractivity contribution >= 4 is 0 Å². The van der Waals surface area contributed by atoms with Gasteiger partial charge in [0, 0.05) is 0 Å². The fraction of sp³-hybridized carbons (Fsp3) is 1.00. The highest BCUT2D eigenvalue weighted by molar-refractivity contribution is 4.69. The van der Waals surface area contributed by atoms with Gasteiger partial charge >= 0.3 is 0 Å². The molecule has 1 heteroatoms. The fourth-order valence-corrected chi connectivity index (χ4v) is 2.54. The molecule has 0 aromatic rings. The van der Waals surface area contributed by atoms with Crippen LogP contribution in [0, 0.1) is 23.7 Å². The maximum atomic E-state index is 3.60. The van der Waals surface area contributed by atoms with Crippen molar-refractivity contribution in [2.24, 2.45) is 23.7 Å². The van der Waals surface area contributed by atoms with Crippen molar-refractivity contribution in [1.29, 1.82) is 0 Å². The molecule has 3 unspecified atom stereocenters. The lowest BCUT2D eigenvalue weighted by molar-refractivity contribution is 0.275. The molecular formula is C17H37N. The molecule has 0 radical (unpaired) electrons. The summed E-state index contributed by atoms with van der Waals surface area (Å²) in [4.78, 5) is 0. The molecule has 0 aromatic heterocycles. The Labute approximate surface area is 116 Å². The first-order valence-corrected chi connectivity index (χ1v) is 8.21. The van der Waals surface area contributed by atoms with Crippen molar-refractivity contribution in [3.63, 3.8) is 0 Å². The molecule has 0 aliphatic carbocycles. The molecule has 0 saturated heterocycles. The van der Waals surface area contributed by atoms with Crippen LogP contribution >= 0.6 is 0 Å². The van der Waals surface area contributed by atoms with Crippen molar-refractivity contribution in [2.45, 2.75) is 73.6 Å². The van der Waals surface area contributed by atoms with Crippen molar-refractivity contribution < 1.29 is 0 Å². The van der Waals surface area contributed by atoms with Crippen LogP contribution < -0.4 is 5.32 Å². The largest absolute Gasteiger partial charge is 0.316 e. The van der Waals surface area contributed by atoms with Gasteiger partial charge in [0.2, 0.25) is 0 Å². The number of rotatable bonds is 11. The summed E-state index contributed by atoms with van der Waals surface area (Å²) in [7, 11) is 0. The van der Waals surface area contributed by atoms with Crippen LogP contribution in [0.2, 0.25) is 0 Å². The van der Waals surface area contributed by atoms with Crippen molar-refractivity contribution in [3.8, 4) is 0 Å². The lowest BCUT2D eigenvalue weighted by Crippen LogP contribution is -2.29. The molecule has 3 atom stereocenters. The topological polar surface area (TPSA) is 12.0 Å². The standard InChI is InChI=1S/C17H37N/c1-7-9-10-17(8-2)11-15(5)16(6)13-18-12-14(3)4/h14-18H,7-13H2,1-6H3. The highest BCUT2D eigenvalue weighted by Gasteiger charge is 2.16. The van der Waals surface area contributed by atoms with Crippen molar-refractivity contribution in [1.82, 2.24) is 5.32 Å². The van der Waals surface area contributed by atoms with Gasteiger partial charge in [-0.1, -0.05) is 67.2 Å². The fourth-order valence-electron chi connectivity index (χ4n) is 2.54. The monoisotopic (exact) mass is 255 g/mol. The first-order valence-electron chi connectivity index (χ1n) is 8.21. The molecular weight excluding hydrogens is 218 g/mol. The van der Waals surface area contributed by atoms with Crippen LogP contribution in [0.5, 0.6) is 0 Å². The Hall–Kier alpha value is -0.0400. The predicted molar refractivity (Wildman–Crippen MR) is 84.0 cm³/mol. The van der Waals surface area contributed by atoms with Gasteiger partial charge < -0.3 is 5.32 Å². The van der Waals surface area contributed by atoms with E-state index < -0.39 is 0 Å². The summed E-state index contributed by atoms with van der Waals surface area (Å²) in [5.74, 6) is 3.37. The molecule has 0 aromatic carbocycles. The van der Waals surface area contributed by atoms with Gasteiger partial charge in [-0.05, 0) is 43.2 Å². The van der Waals surface area contributed by atoms with Crippen LogP contribution in [-0.2, 0) is 0 Å². The summed E-state index contributed by atoms with van der Waals surface area (Å²) in [6.45, 7) is 16.4. The Morgan fingerprint density at radius 2 is 1.56 bits per heavy atom. The maximum absolute atomic E-state index is 3.60. The predicted octanol–water partition coefficient (Wildman–Crippen LogP) is 5.11. The molecule has 1 nitrogen and oxygen atoms in total. The first kappa shape index (κ1) is 18.0. The van der Waals surface area contributed by atoms with Crippen LogP contribution in [0.25, 0.3) is 0 Å². The van der Waals surface area contributed by atoms with Gasteiger partial charge in [0.15, 0.2) is 0 Å². The van der Waals surface area contributed by atoms with Crippen LogP contribution in [0.1, 0.15) is 73.6 Å². The molecule has 0 aliphatic heterocycles. The maximum Gasteiger partial charge on any atom is -0.00205 e. The smallest absolute Gasteiger partial charge is 0.00205 e. The SMILES string of the molecule is CCCCC(CC)CC(C)C(C)CNCC(C)C. The van der Waals surface area contributed by atoms with Crippen LogP contribution in [-0.4, -0.2) is 13.1 Å². The number of nitrogens with one attached hydrogen (secondary N) is 1. The van der Waals surface area contributed by atoms with E-state index >= 15 is 0 Å². The minimum absolute atomic E-state index is 0.764. The van der Waals surface area contributed by atoms with Crippen LogP contribution in [0.15, 0.2) is 0 Å². The van der Waals surface area contributed by atoms with Gasteiger partial charge in [-0.2, -0.15) is 0 Å². The zero-order chi connectivity index (χ0) is 14.0. The summed E-state index contributed by atoms with van der Waals surface area (Å²) < 4.78 is 0. The molecule has 110 valence electrons. The van der Waals surface area contributed by atoms with E-state index in [1.165, 1.54) is 38.6 Å². The van der Waals surface area contributed by atoms with E-state index in [1.54, 1.807) is 0 Å². The Morgan fingerprint density at radius 3 is 2.06 bits per heavy atom. The summed E-state index contributed by atoms with van der Waals surface area (Å²) >= 11 is 0. The minimum Gasteiger partial charge on any atom is -0.316 e. The number of hydrogen-bond donors (Lipinski definition) is 1. The molecule has 0 rings (SSSR count). The minimum atomic E-state index is 0.764. The van der Waals surface area contributed by atoms with Gasteiger partial charge in [0.05, 0.1) is 0 Å². The molecule has 0 spiro atoms.